The first kappa shape index (κ1) is 20.0. The zero-order valence-corrected chi connectivity index (χ0v) is 17.8. The lowest BCUT2D eigenvalue weighted by Crippen LogP contribution is -2.28. The summed E-state index contributed by atoms with van der Waals surface area (Å²) in [5.74, 6) is 0.526. The third-order valence-corrected chi connectivity index (χ3v) is 6.13. The molecule has 1 N–H and O–H groups in total. The normalized spacial score (nSPS) is 14.0. The minimum atomic E-state index is -0.357. The summed E-state index contributed by atoms with van der Waals surface area (Å²) in [4.78, 5) is 30.4. The molecular formula is C23H23ClN4O3. The minimum absolute atomic E-state index is 0.0731. The molecule has 0 unspecified atom stereocenters. The Hall–Kier alpha value is -2.90. The lowest BCUT2D eigenvalue weighted by molar-refractivity contribution is 0.281. The molecule has 1 fully saturated rings. The molecule has 0 amide bonds. The van der Waals surface area contributed by atoms with E-state index in [1.54, 1.807) is 16.7 Å². The Morgan fingerprint density at radius 1 is 1.00 bits per heavy atom. The lowest BCUT2D eigenvalue weighted by atomic mass is 10.2. The summed E-state index contributed by atoms with van der Waals surface area (Å²) in [7, 11) is 0. The SMILES string of the molecule is O=c1nc(Cn2c(=O)n(C3CC3)c3ccccc32)n(CCCCO)c2ccc(Cl)cc12. The number of imidazole rings is 1. The van der Waals surface area contributed by atoms with E-state index in [1.807, 2.05) is 39.5 Å². The van der Waals surface area contributed by atoms with Crippen LogP contribution < -0.4 is 11.2 Å². The number of aliphatic hydroxyl groups excluding tert-OH is 1. The van der Waals surface area contributed by atoms with E-state index in [0.29, 0.717) is 29.2 Å². The summed E-state index contributed by atoms with van der Waals surface area (Å²) < 4.78 is 5.54. The van der Waals surface area contributed by atoms with Crippen molar-refractivity contribution in [3.8, 4) is 0 Å². The molecule has 0 saturated heterocycles. The van der Waals surface area contributed by atoms with Crippen LogP contribution in [0.25, 0.3) is 21.9 Å². The molecule has 160 valence electrons. The summed E-state index contributed by atoms with van der Waals surface area (Å²) >= 11 is 6.11. The quantitative estimate of drug-likeness (QED) is 0.449. The van der Waals surface area contributed by atoms with Crippen molar-refractivity contribution in [2.24, 2.45) is 0 Å². The van der Waals surface area contributed by atoms with E-state index in [1.165, 1.54) is 0 Å². The first-order valence-corrected chi connectivity index (χ1v) is 11.0. The molecule has 5 rings (SSSR count). The number of nitrogens with zero attached hydrogens (tertiary/aromatic N) is 4. The molecule has 0 atom stereocenters. The maximum absolute atomic E-state index is 13.3. The topological polar surface area (TPSA) is 82.0 Å². The van der Waals surface area contributed by atoms with Crippen LogP contribution in [0, 0.1) is 0 Å². The van der Waals surface area contributed by atoms with Crippen LogP contribution in [0.15, 0.2) is 52.1 Å². The number of aromatic nitrogens is 4. The molecule has 31 heavy (non-hydrogen) atoms. The first-order chi connectivity index (χ1) is 15.1. The standard InChI is InChI=1S/C23H23ClN4O3/c24-15-7-10-18-17(13-15)22(30)25-21(26(18)11-3-4-12-29)14-27-19-5-1-2-6-20(19)28(23(27)31)16-8-9-16/h1-2,5-7,10,13,16,29H,3-4,8-9,11-12,14H2. The number of hydrogen-bond donors (Lipinski definition) is 1. The van der Waals surface area contributed by atoms with E-state index in [4.69, 9.17) is 11.6 Å². The van der Waals surface area contributed by atoms with Gasteiger partial charge in [-0.15, -0.1) is 0 Å². The van der Waals surface area contributed by atoms with E-state index in [0.717, 1.165) is 35.8 Å². The Bertz CT molecular complexity index is 1400. The van der Waals surface area contributed by atoms with Gasteiger partial charge in [-0.25, -0.2) is 4.79 Å². The summed E-state index contributed by atoms with van der Waals surface area (Å²) in [6, 6.07) is 13.2. The Kier molecular flexibility index (Phi) is 5.16. The summed E-state index contributed by atoms with van der Waals surface area (Å²) in [6.07, 6.45) is 3.38. The second-order valence-electron chi connectivity index (χ2n) is 8.04. The van der Waals surface area contributed by atoms with Crippen molar-refractivity contribution in [2.75, 3.05) is 6.61 Å². The van der Waals surface area contributed by atoms with Crippen LogP contribution in [-0.2, 0) is 13.1 Å². The Labute approximate surface area is 183 Å². The molecule has 1 aliphatic rings. The number of unbranched alkanes of at least 4 members (excludes halogenated alkanes) is 1. The van der Waals surface area contributed by atoms with Gasteiger partial charge in [0, 0.05) is 24.2 Å². The average Bonchev–Trinajstić information content (AvgIpc) is 3.56. The summed E-state index contributed by atoms with van der Waals surface area (Å²) in [6.45, 7) is 0.879. The highest BCUT2D eigenvalue weighted by atomic mass is 35.5. The summed E-state index contributed by atoms with van der Waals surface area (Å²) in [5.41, 5.74) is 2.06. The molecule has 8 heteroatoms. The van der Waals surface area contributed by atoms with Gasteiger partial charge in [0.05, 0.1) is 28.5 Å². The van der Waals surface area contributed by atoms with Gasteiger partial charge in [0.15, 0.2) is 0 Å². The maximum atomic E-state index is 13.3. The number of hydrogen-bond acceptors (Lipinski definition) is 4. The van der Waals surface area contributed by atoms with Crippen molar-refractivity contribution in [1.29, 1.82) is 0 Å². The predicted molar refractivity (Wildman–Crippen MR) is 121 cm³/mol. The van der Waals surface area contributed by atoms with Crippen LogP contribution in [0.2, 0.25) is 5.02 Å². The van der Waals surface area contributed by atoms with Gasteiger partial charge in [0.1, 0.15) is 5.82 Å². The molecule has 1 aliphatic carbocycles. The highest BCUT2D eigenvalue weighted by Crippen LogP contribution is 2.36. The van der Waals surface area contributed by atoms with Crippen LogP contribution in [0.3, 0.4) is 0 Å². The van der Waals surface area contributed by atoms with E-state index in [-0.39, 0.29) is 30.4 Å². The number of fused-ring (bicyclic) bond motifs is 2. The molecule has 7 nitrogen and oxygen atoms in total. The average molecular weight is 439 g/mol. The Morgan fingerprint density at radius 3 is 2.52 bits per heavy atom. The van der Waals surface area contributed by atoms with Gasteiger partial charge >= 0.3 is 5.69 Å². The third-order valence-electron chi connectivity index (χ3n) is 5.89. The second-order valence-corrected chi connectivity index (χ2v) is 8.47. The molecule has 0 radical (unpaired) electrons. The molecule has 0 spiro atoms. The van der Waals surface area contributed by atoms with Gasteiger partial charge in [0.25, 0.3) is 5.56 Å². The van der Waals surface area contributed by atoms with Crippen LogP contribution >= 0.6 is 11.6 Å². The van der Waals surface area contributed by atoms with Crippen LogP contribution in [0.1, 0.15) is 37.5 Å². The van der Waals surface area contributed by atoms with Crippen molar-refractivity contribution in [1.82, 2.24) is 18.7 Å². The highest BCUT2D eigenvalue weighted by molar-refractivity contribution is 6.31. The monoisotopic (exact) mass is 438 g/mol. The van der Waals surface area contributed by atoms with Crippen LogP contribution in [0.4, 0.5) is 0 Å². The van der Waals surface area contributed by atoms with Gasteiger partial charge in [-0.2, -0.15) is 4.98 Å². The molecule has 2 heterocycles. The number of halogens is 1. The fourth-order valence-corrected chi connectivity index (χ4v) is 4.43. The van der Waals surface area contributed by atoms with E-state index in [2.05, 4.69) is 4.98 Å². The van der Waals surface area contributed by atoms with Crippen LogP contribution in [-0.4, -0.2) is 30.4 Å². The van der Waals surface area contributed by atoms with Gasteiger partial charge in [0.2, 0.25) is 0 Å². The molecular weight excluding hydrogens is 416 g/mol. The van der Waals surface area contributed by atoms with Gasteiger partial charge < -0.3 is 9.67 Å². The maximum Gasteiger partial charge on any atom is 0.329 e. The third kappa shape index (κ3) is 3.58. The smallest absolute Gasteiger partial charge is 0.329 e. The molecule has 2 aromatic carbocycles. The number of aryl methyl sites for hydroxylation is 1. The van der Waals surface area contributed by atoms with Crippen molar-refractivity contribution >= 4 is 33.5 Å². The molecule has 2 aromatic heterocycles. The van der Waals surface area contributed by atoms with E-state index in [9.17, 15) is 14.7 Å². The lowest BCUT2D eigenvalue weighted by Gasteiger charge is -2.16. The molecule has 1 saturated carbocycles. The highest BCUT2D eigenvalue weighted by Gasteiger charge is 2.29. The van der Waals surface area contributed by atoms with Crippen molar-refractivity contribution < 1.29 is 5.11 Å². The van der Waals surface area contributed by atoms with E-state index < -0.39 is 0 Å². The zero-order chi connectivity index (χ0) is 21.5. The van der Waals surface area contributed by atoms with Crippen molar-refractivity contribution in [2.45, 2.75) is 44.8 Å². The largest absolute Gasteiger partial charge is 0.396 e. The summed E-state index contributed by atoms with van der Waals surface area (Å²) in [5, 5.41) is 10.1. The number of benzene rings is 2. The number of rotatable bonds is 7. The molecule has 0 aliphatic heterocycles. The second kappa shape index (κ2) is 7.98. The van der Waals surface area contributed by atoms with Gasteiger partial charge in [-0.05, 0) is 56.0 Å². The number of aliphatic hydroxyl groups is 1. The van der Waals surface area contributed by atoms with E-state index >= 15 is 0 Å². The Morgan fingerprint density at radius 2 is 1.77 bits per heavy atom. The van der Waals surface area contributed by atoms with Crippen molar-refractivity contribution in [3.63, 3.8) is 0 Å². The van der Waals surface area contributed by atoms with Gasteiger partial charge in [-0.3, -0.25) is 13.9 Å². The van der Waals surface area contributed by atoms with Crippen LogP contribution in [0.5, 0.6) is 0 Å². The fraction of sp³-hybridized carbons (Fsp3) is 0.348. The predicted octanol–water partition coefficient (Wildman–Crippen LogP) is 3.32. The zero-order valence-electron chi connectivity index (χ0n) is 17.0. The molecule has 4 aromatic rings. The first-order valence-electron chi connectivity index (χ1n) is 10.6. The fourth-order valence-electron chi connectivity index (χ4n) is 4.26. The molecule has 0 bridgehead atoms. The number of para-hydroxylation sites is 2. The van der Waals surface area contributed by atoms with Gasteiger partial charge in [-0.1, -0.05) is 23.7 Å². The Balaban J connectivity index is 1.68. The minimum Gasteiger partial charge on any atom is -0.396 e. The van der Waals surface area contributed by atoms with Crippen molar-refractivity contribution in [3.05, 3.63) is 74.1 Å².